The Kier molecular flexibility index (Phi) is 7.38. The SMILES string of the molecule is Cc1ccc(S(=O)(=O)CCCC(=O)N(CC2CCCO2)c2nc3c(C)c(Cl)ccc3s2)cc1. The van der Waals surface area contributed by atoms with Crippen LogP contribution in [0.4, 0.5) is 5.13 Å². The Labute approximate surface area is 203 Å². The van der Waals surface area contributed by atoms with Gasteiger partial charge >= 0.3 is 0 Å². The molecule has 0 N–H and O–H groups in total. The first-order valence-electron chi connectivity index (χ1n) is 11.0. The maximum Gasteiger partial charge on any atom is 0.228 e. The molecule has 176 valence electrons. The van der Waals surface area contributed by atoms with Crippen LogP contribution < -0.4 is 4.90 Å². The number of nitrogens with zero attached hydrogens (tertiary/aromatic N) is 2. The van der Waals surface area contributed by atoms with Gasteiger partial charge in [0.25, 0.3) is 0 Å². The highest BCUT2D eigenvalue weighted by Gasteiger charge is 2.27. The van der Waals surface area contributed by atoms with E-state index in [1.165, 1.54) is 11.3 Å². The van der Waals surface area contributed by atoms with Crippen LogP contribution in [0.5, 0.6) is 0 Å². The first-order valence-corrected chi connectivity index (χ1v) is 13.9. The average molecular weight is 507 g/mol. The van der Waals surface area contributed by atoms with Crippen molar-refractivity contribution in [3.8, 4) is 0 Å². The van der Waals surface area contributed by atoms with Gasteiger partial charge in [-0.05, 0) is 62.9 Å². The molecule has 1 unspecified atom stereocenters. The monoisotopic (exact) mass is 506 g/mol. The normalized spacial score (nSPS) is 16.4. The highest BCUT2D eigenvalue weighted by molar-refractivity contribution is 7.91. The third kappa shape index (κ3) is 5.57. The van der Waals surface area contributed by atoms with E-state index in [2.05, 4.69) is 0 Å². The smallest absolute Gasteiger partial charge is 0.228 e. The van der Waals surface area contributed by atoms with E-state index in [0.29, 0.717) is 23.3 Å². The van der Waals surface area contributed by atoms with Crippen molar-refractivity contribution in [2.45, 2.75) is 50.5 Å². The van der Waals surface area contributed by atoms with E-state index in [0.717, 1.165) is 34.2 Å². The lowest BCUT2D eigenvalue weighted by atomic mass is 10.2. The van der Waals surface area contributed by atoms with Gasteiger partial charge in [-0.1, -0.05) is 40.6 Å². The van der Waals surface area contributed by atoms with Gasteiger partial charge in [0.1, 0.15) is 0 Å². The quantitative estimate of drug-likeness (QED) is 0.412. The molecule has 1 aliphatic heterocycles. The van der Waals surface area contributed by atoms with Crippen molar-refractivity contribution < 1.29 is 17.9 Å². The van der Waals surface area contributed by atoms with Gasteiger partial charge in [0.2, 0.25) is 5.91 Å². The highest BCUT2D eigenvalue weighted by Crippen LogP contribution is 2.34. The van der Waals surface area contributed by atoms with Crippen LogP contribution in [0.15, 0.2) is 41.3 Å². The molecule has 1 atom stereocenters. The summed E-state index contributed by atoms with van der Waals surface area (Å²) in [4.78, 5) is 19.9. The van der Waals surface area contributed by atoms with E-state index in [1.807, 2.05) is 26.0 Å². The zero-order valence-electron chi connectivity index (χ0n) is 18.7. The van der Waals surface area contributed by atoms with Gasteiger partial charge in [0, 0.05) is 18.1 Å². The van der Waals surface area contributed by atoms with Crippen LogP contribution in [0, 0.1) is 13.8 Å². The standard InChI is InChI=1S/C24H27ClN2O4S2/c1-16-7-9-19(10-8-16)33(29,30)14-4-6-22(28)27(15-18-5-3-13-31-18)24-26-23-17(2)20(25)11-12-21(23)32-24/h7-12,18H,3-6,13-15H2,1-2H3. The number of hydrogen-bond acceptors (Lipinski definition) is 6. The van der Waals surface area contributed by atoms with Crippen LogP contribution >= 0.6 is 22.9 Å². The highest BCUT2D eigenvalue weighted by atomic mass is 35.5. The Morgan fingerprint density at radius 1 is 1.21 bits per heavy atom. The number of sulfone groups is 1. The van der Waals surface area contributed by atoms with Crippen LogP contribution in [0.1, 0.15) is 36.8 Å². The van der Waals surface area contributed by atoms with E-state index in [1.54, 1.807) is 29.2 Å². The largest absolute Gasteiger partial charge is 0.376 e. The number of amides is 1. The molecule has 1 amide bonds. The number of halogens is 1. The summed E-state index contributed by atoms with van der Waals surface area (Å²) in [5.41, 5.74) is 2.67. The molecule has 0 radical (unpaired) electrons. The number of carbonyl (C=O) groups is 1. The summed E-state index contributed by atoms with van der Waals surface area (Å²) in [7, 11) is -3.44. The zero-order valence-corrected chi connectivity index (χ0v) is 21.1. The Hall–Kier alpha value is -2.00. The van der Waals surface area contributed by atoms with Crippen molar-refractivity contribution in [1.29, 1.82) is 0 Å². The van der Waals surface area contributed by atoms with Gasteiger partial charge in [0.15, 0.2) is 15.0 Å². The Balaban J connectivity index is 1.50. The third-order valence-electron chi connectivity index (χ3n) is 5.86. The maximum atomic E-state index is 13.2. The number of thiazole rings is 1. The van der Waals surface area contributed by atoms with Crippen LogP contribution in [0.25, 0.3) is 10.2 Å². The lowest BCUT2D eigenvalue weighted by Gasteiger charge is -2.23. The Morgan fingerprint density at radius 2 is 1.97 bits per heavy atom. The molecule has 9 heteroatoms. The first kappa shape index (κ1) is 24.1. The number of fused-ring (bicyclic) bond motifs is 1. The molecule has 0 aliphatic carbocycles. The summed E-state index contributed by atoms with van der Waals surface area (Å²) >= 11 is 7.69. The fourth-order valence-electron chi connectivity index (χ4n) is 3.89. The number of carbonyl (C=O) groups excluding carboxylic acids is 1. The number of rotatable bonds is 8. The Morgan fingerprint density at radius 3 is 2.67 bits per heavy atom. The van der Waals surface area contributed by atoms with Crippen molar-refractivity contribution in [1.82, 2.24) is 4.98 Å². The van der Waals surface area contributed by atoms with Crippen molar-refractivity contribution >= 4 is 54.0 Å². The maximum absolute atomic E-state index is 13.2. The molecule has 1 fully saturated rings. The third-order valence-corrected chi connectivity index (χ3v) is 9.13. The van der Waals surface area contributed by atoms with Gasteiger partial charge < -0.3 is 4.74 Å². The summed E-state index contributed by atoms with van der Waals surface area (Å²) in [5, 5.41) is 1.23. The minimum Gasteiger partial charge on any atom is -0.376 e. The fourth-order valence-corrected chi connectivity index (χ4v) is 6.41. The van der Waals surface area contributed by atoms with Crippen LogP contribution in [0.3, 0.4) is 0 Å². The molecule has 0 bridgehead atoms. The summed E-state index contributed by atoms with van der Waals surface area (Å²) in [6.07, 6.45) is 2.18. The predicted octanol–water partition coefficient (Wildman–Crippen LogP) is 5.33. The molecule has 1 saturated heterocycles. The molecule has 1 aliphatic rings. The summed E-state index contributed by atoms with van der Waals surface area (Å²) in [6, 6.07) is 10.5. The van der Waals surface area contributed by atoms with Crippen LogP contribution in [-0.4, -0.2) is 44.3 Å². The number of aromatic nitrogens is 1. The van der Waals surface area contributed by atoms with Crippen molar-refractivity contribution in [3.63, 3.8) is 0 Å². The minimum absolute atomic E-state index is 0.0399. The van der Waals surface area contributed by atoms with Gasteiger partial charge in [-0.15, -0.1) is 0 Å². The van der Waals surface area contributed by atoms with E-state index >= 15 is 0 Å². The molecule has 0 saturated carbocycles. The zero-order chi connectivity index (χ0) is 23.6. The van der Waals surface area contributed by atoms with Gasteiger partial charge in [-0.2, -0.15) is 0 Å². The summed E-state index contributed by atoms with van der Waals surface area (Å²) < 4.78 is 32.0. The molecule has 1 aromatic heterocycles. The Bertz CT molecular complexity index is 1250. The van der Waals surface area contributed by atoms with Crippen molar-refractivity contribution in [3.05, 3.63) is 52.5 Å². The number of aryl methyl sites for hydroxylation is 2. The molecular weight excluding hydrogens is 480 g/mol. The topological polar surface area (TPSA) is 76.6 Å². The molecule has 2 aromatic carbocycles. The summed E-state index contributed by atoms with van der Waals surface area (Å²) in [5.74, 6) is -0.225. The van der Waals surface area contributed by atoms with Gasteiger partial charge in [-0.25, -0.2) is 13.4 Å². The lowest BCUT2D eigenvalue weighted by molar-refractivity contribution is -0.119. The molecule has 6 nitrogen and oxygen atoms in total. The molecule has 2 heterocycles. The molecule has 0 spiro atoms. The van der Waals surface area contributed by atoms with E-state index < -0.39 is 9.84 Å². The van der Waals surface area contributed by atoms with Crippen molar-refractivity contribution in [2.75, 3.05) is 23.8 Å². The molecule has 4 rings (SSSR count). The van der Waals surface area contributed by atoms with Gasteiger partial charge in [0.05, 0.1) is 33.5 Å². The predicted molar refractivity (Wildman–Crippen MR) is 133 cm³/mol. The van der Waals surface area contributed by atoms with E-state index in [-0.39, 0.29) is 35.5 Å². The van der Waals surface area contributed by atoms with Crippen molar-refractivity contribution in [2.24, 2.45) is 0 Å². The second-order valence-electron chi connectivity index (χ2n) is 8.39. The lowest BCUT2D eigenvalue weighted by Crippen LogP contribution is -2.37. The van der Waals surface area contributed by atoms with Gasteiger partial charge in [-0.3, -0.25) is 9.69 Å². The second kappa shape index (κ2) is 10.1. The van der Waals surface area contributed by atoms with E-state index in [9.17, 15) is 13.2 Å². The number of ether oxygens (including phenoxy) is 1. The molecule has 3 aromatic rings. The number of hydrogen-bond donors (Lipinski definition) is 0. The van der Waals surface area contributed by atoms with E-state index in [4.69, 9.17) is 21.3 Å². The first-order chi connectivity index (χ1) is 15.7. The summed E-state index contributed by atoms with van der Waals surface area (Å²) in [6.45, 7) is 4.93. The average Bonchev–Trinajstić information content (AvgIpc) is 3.45. The number of benzene rings is 2. The molecular formula is C24H27ClN2O4S2. The van der Waals surface area contributed by atoms with Crippen LogP contribution in [0.2, 0.25) is 5.02 Å². The second-order valence-corrected chi connectivity index (χ2v) is 11.9. The number of anilines is 1. The fraction of sp³-hybridized carbons (Fsp3) is 0.417. The van der Waals surface area contributed by atoms with Crippen LogP contribution in [-0.2, 0) is 19.4 Å². The molecule has 33 heavy (non-hydrogen) atoms. The minimum atomic E-state index is -3.44.